The predicted molar refractivity (Wildman–Crippen MR) is 62.6 cm³/mol. The minimum Gasteiger partial charge on any atom is -0.281 e. The summed E-state index contributed by atoms with van der Waals surface area (Å²) in [5.41, 5.74) is -2.70. The van der Waals surface area contributed by atoms with Crippen molar-refractivity contribution >= 4 is 16.8 Å². The van der Waals surface area contributed by atoms with E-state index >= 15 is 0 Å². The quantitative estimate of drug-likeness (QED) is 0.603. The molecule has 0 bridgehead atoms. The number of alkyl halides is 5. The van der Waals surface area contributed by atoms with Crippen molar-refractivity contribution in [1.29, 1.82) is 0 Å². The van der Waals surface area contributed by atoms with E-state index < -0.39 is 41.1 Å². The molecule has 1 aromatic heterocycles. The minimum absolute atomic E-state index is 0.211. The fourth-order valence-corrected chi connectivity index (χ4v) is 2.17. The van der Waals surface area contributed by atoms with Crippen LogP contribution in [0.2, 0.25) is 0 Å². The van der Waals surface area contributed by atoms with Crippen molar-refractivity contribution in [2.45, 2.75) is 32.4 Å². The third-order valence-corrected chi connectivity index (χ3v) is 2.89. The first-order valence-corrected chi connectivity index (χ1v) is 5.98. The highest BCUT2D eigenvalue weighted by Gasteiger charge is 2.35. The van der Waals surface area contributed by atoms with Gasteiger partial charge in [-0.3, -0.25) is 4.79 Å². The topological polar surface area (TPSA) is 30.0 Å². The molecule has 1 heterocycles. The molecule has 0 saturated heterocycles. The second-order valence-electron chi connectivity index (χ2n) is 4.53. The van der Waals surface area contributed by atoms with Gasteiger partial charge in [0, 0.05) is 0 Å². The lowest BCUT2D eigenvalue weighted by Gasteiger charge is -2.19. The third kappa shape index (κ3) is 3.88. The fourth-order valence-electron chi connectivity index (χ4n) is 1.79. The molecule has 0 amide bonds. The van der Waals surface area contributed by atoms with Crippen molar-refractivity contribution in [1.82, 2.24) is 4.98 Å². The Kier molecular flexibility index (Phi) is 5.07. The van der Waals surface area contributed by atoms with Gasteiger partial charge in [0.1, 0.15) is 11.4 Å². The van der Waals surface area contributed by atoms with E-state index in [4.69, 9.17) is 11.6 Å². The average molecular weight is 316 g/mol. The van der Waals surface area contributed by atoms with Crippen LogP contribution >= 0.6 is 11.6 Å². The Morgan fingerprint density at radius 2 is 1.80 bits per heavy atom. The van der Waals surface area contributed by atoms with Crippen LogP contribution in [0.15, 0.2) is 12.1 Å². The Morgan fingerprint density at radius 1 is 1.25 bits per heavy atom. The van der Waals surface area contributed by atoms with Gasteiger partial charge in [0.05, 0.1) is 5.92 Å². The molecule has 1 aromatic rings. The van der Waals surface area contributed by atoms with Crippen LogP contribution in [0.25, 0.3) is 0 Å². The summed E-state index contributed by atoms with van der Waals surface area (Å²) < 4.78 is 63.2. The Labute approximate surface area is 116 Å². The van der Waals surface area contributed by atoms with Gasteiger partial charge < -0.3 is 0 Å². The van der Waals surface area contributed by atoms with Crippen LogP contribution in [0.3, 0.4) is 0 Å². The van der Waals surface area contributed by atoms with Gasteiger partial charge in [-0.1, -0.05) is 13.8 Å². The molecule has 1 unspecified atom stereocenters. The summed E-state index contributed by atoms with van der Waals surface area (Å²) in [6.07, 6.45) is -8.05. The summed E-state index contributed by atoms with van der Waals surface area (Å²) >= 11 is 5.34. The molecule has 0 spiro atoms. The fraction of sp³-hybridized carbons (Fsp3) is 0.500. The van der Waals surface area contributed by atoms with Gasteiger partial charge in [-0.05, 0) is 35.2 Å². The molecule has 0 radical (unpaired) electrons. The summed E-state index contributed by atoms with van der Waals surface area (Å²) in [5.74, 6) is -1.53. The molecule has 8 heteroatoms. The lowest BCUT2D eigenvalue weighted by Crippen LogP contribution is -2.17. The first kappa shape index (κ1) is 16.8. The second kappa shape index (κ2) is 6.03. The van der Waals surface area contributed by atoms with Crippen LogP contribution in [0, 0.1) is 5.92 Å². The van der Waals surface area contributed by atoms with Gasteiger partial charge in [0.2, 0.25) is 5.24 Å². The molecular weight excluding hydrogens is 305 g/mol. The number of nitrogens with zero attached hydrogens (tertiary/aromatic N) is 1. The van der Waals surface area contributed by atoms with E-state index in [0.29, 0.717) is 6.07 Å². The Bertz CT molecular complexity index is 501. The summed E-state index contributed by atoms with van der Waals surface area (Å²) in [6.45, 7) is 3.11. The highest BCUT2D eigenvalue weighted by Crippen LogP contribution is 2.35. The lowest BCUT2D eigenvalue weighted by molar-refractivity contribution is -0.141. The number of halogens is 6. The van der Waals surface area contributed by atoms with Gasteiger partial charge in [0.25, 0.3) is 6.43 Å². The SMILES string of the molecule is CC(C)C(C(=O)Cl)c1cc(C(F)F)nc(C(F)(F)F)c1. The Morgan fingerprint density at radius 3 is 2.15 bits per heavy atom. The smallest absolute Gasteiger partial charge is 0.281 e. The summed E-state index contributed by atoms with van der Waals surface area (Å²) in [6, 6.07) is 1.36. The second-order valence-corrected chi connectivity index (χ2v) is 4.91. The van der Waals surface area contributed by atoms with Gasteiger partial charge >= 0.3 is 6.18 Å². The average Bonchev–Trinajstić information content (AvgIpc) is 2.26. The number of rotatable bonds is 4. The third-order valence-electron chi connectivity index (χ3n) is 2.65. The minimum atomic E-state index is -4.88. The largest absolute Gasteiger partial charge is 0.433 e. The molecular formula is C12H11ClF5NO. The normalized spacial score (nSPS) is 13.9. The van der Waals surface area contributed by atoms with E-state index in [1.807, 2.05) is 0 Å². The predicted octanol–water partition coefficient (Wildman–Crippen LogP) is 4.54. The molecule has 112 valence electrons. The molecule has 0 N–H and O–H groups in total. The van der Waals surface area contributed by atoms with Crippen LogP contribution in [-0.4, -0.2) is 10.2 Å². The maximum Gasteiger partial charge on any atom is 0.433 e. The van der Waals surface area contributed by atoms with Gasteiger partial charge in [-0.25, -0.2) is 13.8 Å². The highest BCUT2D eigenvalue weighted by molar-refractivity contribution is 6.64. The molecule has 0 aliphatic heterocycles. The monoisotopic (exact) mass is 315 g/mol. The number of hydrogen-bond donors (Lipinski definition) is 0. The zero-order valence-corrected chi connectivity index (χ0v) is 11.3. The number of carbonyl (C=O) groups is 1. The van der Waals surface area contributed by atoms with E-state index in [1.165, 1.54) is 0 Å². The van der Waals surface area contributed by atoms with Crippen molar-refractivity contribution in [3.63, 3.8) is 0 Å². The van der Waals surface area contributed by atoms with Gasteiger partial charge in [0.15, 0.2) is 0 Å². The first-order chi connectivity index (χ1) is 9.04. The first-order valence-electron chi connectivity index (χ1n) is 5.60. The zero-order valence-electron chi connectivity index (χ0n) is 10.5. The van der Waals surface area contributed by atoms with Crippen molar-refractivity contribution < 1.29 is 26.7 Å². The summed E-state index contributed by atoms with van der Waals surface area (Å²) in [5, 5.41) is -0.903. The molecule has 2 nitrogen and oxygen atoms in total. The Balaban J connectivity index is 3.46. The molecule has 1 atom stereocenters. The van der Waals surface area contributed by atoms with Crippen molar-refractivity contribution in [2.75, 3.05) is 0 Å². The number of aromatic nitrogens is 1. The molecule has 0 aromatic carbocycles. The summed E-state index contributed by atoms with van der Waals surface area (Å²) in [4.78, 5) is 14.2. The maximum atomic E-state index is 12.7. The van der Waals surface area contributed by atoms with Crippen molar-refractivity contribution in [3.05, 3.63) is 29.1 Å². The molecule has 1 rings (SSSR count). The molecule has 0 saturated carbocycles. The number of hydrogen-bond acceptors (Lipinski definition) is 2. The highest BCUT2D eigenvalue weighted by atomic mass is 35.5. The lowest BCUT2D eigenvalue weighted by atomic mass is 9.89. The molecule has 0 aliphatic rings. The zero-order chi connectivity index (χ0) is 15.7. The maximum absolute atomic E-state index is 12.7. The van der Waals surface area contributed by atoms with Crippen LogP contribution < -0.4 is 0 Å². The summed E-state index contributed by atoms with van der Waals surface area (Å²) in [7, 11) is 0. The van der Waals surface area contributed by atoms with Crippen molar-refractivity contribution in [2.24, 2.45) is 5.92 Å². The molecule has 0 aliphatic carbocycles. The number of pyridine rings is 1. The Hall–Kier alpha value is -1.24. The van der Waals surface area contributed by atoms with Crippen LogP contribution in [0.1, 0.15) is 43.1 Å². The standard InChI is InChI=1S/C12H11ClF5NO/c1-5(2)9(10(13)20)6-3-7(11(14)15)19-8(4-6)12(16,17)18/h3-5,9,11H,1-2H3. The van der Waals surface area contributed by atoms with E-state index in [2.05, 4.69) is 4.98 Å². The van der Waals surface area contributed by atoms with Gasteiger partial charge in [-0.2, -0.15) is 13.2 Å². The number of carbonyl (C=O) groups excluding carboxylic acids is 1. The van der Waals surface area contributed by atoms with Crippen LogP contribution in [0.4, 0.5) is 22.0 Å². The molecule has 0 fully saturated rings. The van der Waals surface area contributed by atoms with E-state index in [9.17, 15) is 26.7 Å². The van der Waals surface area contributed by atoms with E-state index in [0.717, 1.165) is 6.07 Å². The molecule has 20 heavy (non-hydrogen) atoms. The van der Waals surface area contributed by atoms with Crippen LogP contribution in [0.5, 0.6) is 0 Å². The van der Waals surface area contributed by atoms with Crippen LogP contribution in [-0.2, 0) is 11.0 Å². The van der Waals surface area contributed by atoms with Gasteiger partial charge in [-0.15, -0.1) is 0 Å². The van der Waals surface area contributed by atoms with E-state index in [-0.39, 0.29) is 5.56 Å². The van der Waals surface area contributed by atoms with E-state index in [1.54, 1.807) is 13.8 Å². The van der Waals surface area contributed by atoms with Crippen molar-refractivity contribution in [3.8, 4) is 0 Å².